The van der Waals surface area contributed by atoms with E-state index in [4.69, 9.17) is 5.73 Å². The van der Waals surface area contributed by atoms with E-state index >= 15 is 0 Å². The van der Waals surface area contributed by atoms with Crippen molar-refractivity contribution in [3.63, 3.8) is 0 Å². The molecule has 3 aliphatic rings. The molecule has 5 N–H and O–H groups in total. The average Bonchev–Trinajstić information content (AvgIpc) is 3.30. The van der Waals surface area contributed by atoms with E-state index in [9.17, 15) is 24.3 Å². The fraction of sp³-hybridized carbons (Fsp3) is 0.520. The molecule has 1 aromatic carbocycles. The maximum Gasteiger partial charge on any atom is 0.324 e. The van der Waals surface area contributed by atoms with Crippen LogP contribution < -0.4 is 16.4 Å². The van der Waals surface area contributed by atoms with Gasteiger partial charge in [-0.25, -0.2) is 4.79 Å². The summed E-state index contributed by atoms with van der Waals surface area (Å²) in [5.41, 5.74) is 4.44. The topological polar surface area (TPSA) is 142 Å². The number of urea groups is 1. The van der Waals surface area contributed by atoms with Gasteiger partial charge in [-0.05, 0) is 31.2 Å². The number of benzene rings is 1. The number of likely N-dealkylation sites (tertiary alicyclic amines) is 1. The zero-order valence-corrected chi connectivity index (χ0v) is 19.1. The summed E-state index contributed by atoms with van der Waals surface area (Å²) < 4.78 is 0. The lowest BCUT2D eigenvalue weighted by molar-refractivity contribution is -0.153. The second-order valence-electron chi connectivity index (χ2n) is 9.45. The monoisotopic (exact) mass is 468 g/mol. The first-order valence-corrected chi connectivity index (χ1v) is 12.0. The minimum Gasteiger partial charge on any atom is -0.480 e. The van der Waals surface area contributed by atoms with Crippen LogP contribution in [-0.2, 0) is 14.4 Å². The summed E-state index contributed by atoms with van der Waals surface area (Å²) in [5, 5.41) is 16.0. The zero-order valence-electron chi connectivity index (χ0n) is 19.1. The number of fused-ring (bicyclic) bond motifs is 1. The molecule has 9 heteroatoms. The molecule has 1 aliphatic carbocycles. The Morgan fingerprint density at radius 2 is 1.85 bits per heavy atom. The third-order valence-corrected chi connectivity index (χ3v) is 7.39. The van der Waals surface area contributed by atoms with Crippen LogP contribution in [0.2, 0.25) is 0 Å². The lowest BCUT2D eigenvalue weighted by Gasteiger charge is -2.34. The Hall–Kier alpha value is -3.20. The number of carbonyl (C=O) groups excluding carboxylic acids is 3. The molecule has 34 heavy (non-hydrogen) atoms. The Morgan fingerprint density at radius 1 is 1.15 bits per heavy atom. The van der Waals surface area contributed by atoms with Crippen LogP contribution >= 0.6 is 0 Å². The van der Waals surface area contributed by atoms with Crippen LogP contribution in [0.15, 0.2) is 36.4 Å². The van der Waals surface area contributed by atoms with E-state index in [1.165, 1.54) is 4.90 Å². The van der Waals surface area contributed by atoms with Gasteiger partial charge in [0.05, 0.1) is 11.8 Å². The molecule has 4 amide bonds. The van der Waals surface area contributed by atoms with Crippen LogP contribution in [0.3, 0.4) is 0 Å². The van der Waals surface area contributed by atoms with E-state index < -0.39 is 41.3 Å². The normalized spacial score (nSPS) is 29.5. The minimum absolute atomic E-state index is 0.0803. The molecule has 4 atom stereocenters. The number of imide groups is 1. The summed E-state index contributed by atoms with van der Waals surface area (Å²) in [6.45, 7) is 0.183. The van der Waals surface area contributed by atoms with Gasteiger partial charge in [0.25, 0.3) is 0 Å². The molecule has 182 valence electrons. The highest BCUT2D eigenvalue weighted by Gasteiger charge is 2.68. The summed E-state index contributed by atoms with van der Waals surface area (Å²) in [6.07, 6.45) is 8.54. The second-order valence-corrected chi connectivity index (χ2v) is 9.45. The molecule has 4 rings (SSSR count). The van der Waals surface area contributed by atoms with Crippen LogP contribution in [0.25, 0.3) is 6.08 Å². The molecule has 2 saturated heterocycles. The second kappa shape index (κ2) is 9.97. The Kier molecular flexibility index (Phi) is 7.02. The van der Waals surface area contributed by atoms with Crippen LogP contribution in [0.1, 0.15) is 50.5 Å². The number of aliphatic carboxylic acids is 1. The third-order valence-electron chi connectivity index (χ3n) is 7.39. The average molecular weight is 469 g/mol. The maximum atomic E-state index is 13.7. The Bertz CT molecular complexity index is 975. The fourth-order valence-corrected chi connectivity index (χ4v) is 5.82. The number of carbonyl (C=O) groups is 4. The summed E-state index contributed by atoms with van der Waals surface area (Å²) in [7, 11) is 0. The van der Waals surface area contributed by atoms with E-state index in [-0.39, 0.29) is 24.9 Å². The SMILES string of the molecule is NC(=O)NCCCC1(C(=O)O)NC(/C=C/c2ccccc2)C2C(=O)N(C3CCCCC3)C(=O)C21. The fourth-order valence-electron chi connectivity index (χ4n) is 5.82. The van der Waals surface area contributed by atoms with Crippen molar-refractivity contribution in [1.29, 1.82) is 0 Å². The van der Waals surface area contributed by atoms with Gasteiger partial charge in [-0.1, -0.05) is 61.7 Å². The van der Waals surface area contributed by atoms with Gasteiger partial charge in [0.2, 0.25) is 11.8 Å². The number of hydrogen-bond donors (Lipinski definition) is 4. The predicted octanol–water partition coefficient (Wildman–Crippen LogP) is 1.88. The van der Waals surface area contributed by atoms with E-state index in [0.717, 1.165) is 37.7 Å². The van der Waals surface area contributed by atoms with Crippen molar-refractivity contribution in [1.82, 2.24) is 15.5 Å². The summed E-state index contributed by atoms with van der Waals surface area (Å²) in [5.74, 6) is -3.62. The Labute approximate surface area is 198 Å². The van der Waals surface area contributed by atoms with E-state index in [1.54, 1.807) is 6.08 Å². The van der Waals surface area contributed by atoms with Crippen LogP contribution in [0, 0.1) is 11.8 Å². The van der Waals surface area contributed by atoms with E-state index in [2.05, 4.69) is 10.6 Å². The number of carboxylic acid groups (broad SMARTS) is 1. The molecule has 0 aromatic heterocycles. The molecule has 9 nitrogen and oxygen atoms in total. The van der Waals surface area contributed by atoms with E-state index in [1.807, 2.05) is 36.4 Å². The first-order valence-electron chi connectivity index (χ1n) is 12.0. The Balaban J connectivity index is 1.66. The van der Waals surface area contributed by atoms with Gasteiger partial charge in [0, 0.05) is 18.6 Å². The maximum absolute atomic E-state index is 13.7. The molecule has 1 saturated carbocycles. The summed E-state index contributed by atoms with van der Waals surface area (Å²) in [4.78, 5) is 52.4. The summed E-state index contributed by atoms with van der Waals surface area (Å²) in [6, 6.07) is 8.06. The number of nitrogens with two attached hydrogens (primary N) is 1. The lowest BCUT2D eigenvalue weighted by Crippen LogP contribution is -2.57. The first-order chi connectivity index (χ1) is 16.3. The van der Waals surface area contributed by atoms with Crippen LogP contribution in [0.4, 0.5) is 4.79 Å². The smallest absolute Gasteiger partial charge is 0.324 e. The number of carboxylic acids is 1. The van der Waals surface area contributed by atoms with Gasteiger partial charge in [0.15, 0.2) is 0 Å². The van der Waals surface area contributed by atoms with Crippen molar-refractivity contribution < 1.29 is 24.3 Å². The number of primary amides is 1. The number of nitrogens with one attached hydrogen (secondary N) is 2. The molecule has 3 fully saturated rings. The van der Waals surface area contributed by atoms with Gasteiger partial charge >= 0.3 is 12.0 Å². The van der Waals surface area contributed by atoms with Crippen LogP contribution in [-0.4, -0.2) is 58.0 Å². The number of rotatable bonds is 8. The Morgan fingerprint density at radius 3 is 2.50 bits per heavy atom. The first kappa shape index (κ1) is 23.9. The molecule has 2 heterocycles. The molecule has 2 aliphatic heterocycles. The number of hydrogen-bond acceptors (Lipinski definition) is 5. The predicted molar refractivity (Wildman–Crippen MR) is 125 cm³/mol. The van der Waals surface area contributed by atoms with Crippen molar-refractivity contribution >= 4 is 29.9 Å². The molecule has 4 unspecified atom stereocenters. The highest BCUT2D eigenvalue weighted by Crippen LogP contribution is 2.47. The largest absolute Gasteiger partial charge is 0.480 e. The van der Waals surface area contributed by atoms with Crippen molar-refractivity contribution in [2.75, 3.05) is 6.54 Å². The van der Waals surface area contributed by atoms with Gasteiger partial charge in [0.1, 0.15) is 5.54 Å². The van der Waals surface area contributed by atoms with Gasteiger partial charge in [-0.15, -0.1) is 0 Å². The molecule has 0 radical (unpaired) electrons. The zero-order chi connectivity index (χ0) is 24.3. The van der Waals surface area contributed by atoms with Crippen molar-refractivity contribution in [3.8, 4) is 0 Å². The number of amides is 4. The van der Waals surface area contributed by atoms with Crippen molar-refractivity contribution in [3.05, 3.63) is 42.0 Å². The number of nitrogens with zero attached hydrogens (tertiary/aromatic N) is 1. The highest BCUT2D eigenvalue weighted by molar-refractivity contribution is 6.10. The molecular weight excluding hydrogens is 436 g/mol. The lowest BCUT2D eigenvalue weighted by atomic mass is 9.77. The minimum atomic E-state index is -1.61. The molecule has 0 spiro atoms. The highest BCUT2D eigenvalue weighted by atomic mass is 16.4. The summed E-state index contributed by atoms with van der Waals surface area (Å²) >= 11 is 0. The van der Waals surface area contributed by atoms with Crippen LogP contribution in [0.5, 0.6) is 0 Å². The molecular formula is C25H32N4O5. The van der Waals surface area contributed by atoms with Gasteiger partial charge < -0.3 is 16.2 Å². The van der Waals surface area contributed by atoms with Gasteiger partial charge in [-0.2, -0.15) is 0 Å². The third kappa shape index (κ3) is 4.44. The standard InChI is InChI=1S/C25H32N4O5/c26-24(34)27-15-7-14-25(23(32)33)20-19(18(28-25)13-12-16-8-3-1-4-9-16)21(30)29(22(20)31)17-10-5-2-6-11-17/h1,3-4,8-9,12-13,17-20,28H,2,5-7,10-11,14-15H2,(H,32,33)(H3,26,27,34)/b13-12+. The quantitative estimate of drug-likeness (QED) is 0.339. The van der Waals surface area contributed by atoms with E-state index in [0.29, 0.717) is 6.42 Å². The molecule has 1 aromatic rings. The van der Waals surface area contributed by atoms with Gasteiger partial charge in [-0.3, -0.25) is 24.6 Å². The van der Waals surface area contributed by atoms with Crippen molar-refractivity contribution in [2.24, 2.45) is 17.6 Å². The molecule has 0 bridgehead atoms. The van der Waals surface area contributed by atoms with Crippen molar-refractivity contribution in [2.45, 2.75) is 62.6 Å².